The van der Waals surface area contributed by atoms with Crippen molar-refractivity contribution in [2.45, 2.75) is 19.3 Å². The molecule has 1 aromatic rings. The van der Waals surface area contributed by atoms with E-state index >= 15 is 0 Å². The Balaban J connectivity index is 3.14. The second-order valence-electron chi connectivity index (χ2n) is 3.51. The number of aromatic nitrogens is 2. The first-order valence-corrected chi connectivity index (χ1v) is 5.34. The van der Waals surface area contributed by atoms with E-state index in [9.17, 15) is 26.3 Å². The van der Waals surface area contributed by atoms with Gasteiger partial charge in [-0.1, -0.05) is 0 Å². The van der Waals surface area contributed by atoms with E-state index in [0.717, 1.165) is 0 Å². The molecule has 10 heteroatoms. The highest BCUT2D eigenvalue weighted by Gasteiger charge is 2.35. The maximum Gasteiger partial charge on any atom is 0.433 e. The van der Waals surface area contributed by atoms with Crippen LogP contribution in [-0.2, 0) is 6.18 Å². The van der Waals surface area contributed by atoms with E-state index in [2.05, 4.69) is 9.97 Å². The molecule has 1 aromatic heterocycles. The Kier molecular flexibility index (Phi) is 4.49. The van der Waals surface area contributed by atoms with Crippen LogP contribution in [0.2, 0.25) is 5.28 Å². The van der Waals surface area contributed by atoms with Crippen molar-refractivity contribution >= 4 is 17.4 Å². The Labute approximate surface area is 109 Å². The minimum atomic E-state index is -4.81. The first-order valence-electron chi connectivity index (χ1n) is 4.96. The zero-order valence-corrected chi connectivity index (χ0v) is 10.2. The predicted molar refractivity (Wildman–Crippen MR) is 56.0 cm³/mol. The van der Waals surface area contributed by atoms with Crippen molar-refractivity contribution in [2.75, 3.05) is 18.0 Å². The fourth-order valence-electron chi connectivity index (χ4n) is 1.28. The topological polar surface area (TPSA) is 29.0 Å². The quantitative estimate of drug-likeness (QED) is 0.632. The molecule has 0 unspecified atom stereocenters. The molecule has 0 aliphatic carbocycles. The highest BCUT2D eigenvalue weighted by atomic mass is 35.5. The Morgan fingerprint density at radius 1 is 1.16 bits per heavy atom. The van der Waals surface area contributed by atoms with E-state index in [0.29, 0.717) is 11.0 Å². The summed E-state index contributed by atoms with van der Waals surface area (Å²) in [5, 5.41) is -0.759. The monoisotopic (exact) mass is 307 g/mol. The normalized spacial score (nSPS) is 12.6. The minimum absolute atomic E-state index is 0.176. The maximum absolute atomic E-state index is 12.5. The van der Waals surface area contributed by atoms with Gasteiger partial charge < -0.3 is 4.90 Å². The lowest BCUT2D eigenvalue weighted by Gasteiger charge is -2.23. The van der Waals surface area contributed by atoms with Gasteiger partial charge in [-0.05, 0) is 18.5 Å². The second kappa shape index (κ2) is 5.40. The molecule has 0 radical (unpaired) electrons. The van der Waals surface area contributed by atoms with Crippen LogP contribution in [0.4, 0.5) is 32.2 Å². The number of nitrogens with zero attached hydrogens (tertiary/aromatic N) is 3. The molecular weight excluding hydrogens is 300 g/mol. The second-order valence-corrected chi connectivity index (χ2v) is 3.85. The maximum atomic E-state index is 12.5. The molecule has 0 saturated carbocycles. The molecule has 0 saturated heterocycles. The van der Waals surface area contributed by atoms with Crippen LogP contribution in [-0.4, -0.2) is 29.2 Å². The molecule has 0 atom stereocenters. The number of halogens is 7. The summed E-state index contributed by atoms with van der Waals surface area (Å²) in [6, 6.07) is 0.432. The van der Waals surface area contributed by atoms with Crippen LogP contribution >= 0.6 is 11.6 Å². The van der Waals surface area contributed by atoms with Crippen LogP contribution in [0.1, 0.15) is 12.6 Å². The lowest BCUT2D eigenvalue weighted by Crippen LogP contribution is -2.35. The predicted octanol–water partition coefficient (Wildman–Crippen LogP) is 3.54. The molecule has 1 heterocycles. The van der Waals surface area contributed by atoms with Gasteiger partial charge in [-0.25, -0.2) is 9.97 Å². The molecule has 3 nitrogen and oxygen atoms in total. The summed E-state index contributed by atoms with van der Waals surface area (Å²) in [6.45, 7) is -0.243. The minimum Gasteiger partial charge on any atom is -0.348 e. The number of hydrogen-bond donors (Lipinski definition) is 0. The van der Waals surface area contributed by atoms with Gasteiger partial charge in [0.1, 0.15) is 12.4 Å². The Bertz CT molecular complexity index is 445. The lowest BCUT2D eigenvalue weighted by atomic mass is 10.3. The molecule has 0 spiro atoms. The smallest absolute Gasteiger partial charge is 0.348 e. The summed E-state index contributed by atoms with van der Waals surface area (Å²) < 4.78 is 74.2. The molecule has 0 fully saturated rings. The van der Waals surface area contributed by atoms with Crippen molar-refractivity contribution in [3.8, 4) is 0 Å². The third-order valence-electron chi connectivity index (χ3n) is 2.05. The van der Waals surface area contributed by atoms with E-state index in [1.807, 2.05) is 0 Å². The highest BCUT2D eigenvalue weighted by molar-refractivity contribution is 6.28. The molecule has 0 aliphatic heterocycles. The van der Waals surface area contributed by atoms with Crippen molar-refractivity contribution < 1.29 is 26.3 Å². The summed E-state index contributed by atoms with van der Waals surface area (Å²) in [5.74, 6) is -0.521. The van der Waals surface area contributed by atoms with Crippen molar-refractivity contribution in [2.24, 2.45) is 0 Å². The Morgan fingerprint density at radius 2 is 1.74 bits per heavy atom. The van der Waals surface area contributed by atoms with Crippen LogP contribution in [0.15, 0.2) is 6.07 Å². The summed E-state index contributed by atoms with van der Waals surface area (Å²) in [6.07, 6.45) is -9.37. The van der Waals surface area contributed by atoms with Crippen LogP contribution in [0.3, 0.4) is 0 Å². The van der Waals surface area contributed by atoms with E-state index in [1.54, 1.807) is 0 Å². The van der Waals surface area contributed by atoms with E-state index in [-0.39, 0.29) is 6.54 Å². The summed E-state index contributed by atoms with van der Waals surface area (Å²) >= 11 is 5.30. The van der Waals surface area contributed by atoms with Crippen molar-refractivity contribution in [1.29, 1.82) is 0 Å². The van der Waals surface area contributed by atoms with Crippen LogP contribution < -0.4 is 4.90 Å². The number of hydrogen-bond acceptors (Lipinski definition) is 3. The summed E-state index contributed by atoms with van der Waals surface area (Å²) in [5.41, 5.74) is -1.39. The van der Waals surface area contributed by atoms with E-state index < -0.39 is 35.7 Å². The third-order valence-corrected chi connectivity index (χ3v) is 2.22. The third kappa shape index (κ3) is 4.73. The lowest BCUT2D eigenvalue weighted by molar-refractivity contribution is -0.141. The van der Waals surface area contributed by atoms with Crippen molar-refractivity contribution in [3.05, 3.63) is 17.0 Å². The Morgan fingerprint density at radius 3 is 2.16 bits per heavy atom. The van der Waals surface area contributed by atoms with Gasteiger partial charge in [0.05, 0.1) is 0 Å². The molecule has 0 bridgehead atoms. The van der Waals surface area contributed by atoms with Gasteiger partial charge in [0.2, 0.25) is 5.28 Å². The first kappa shape index (κ1) is 15.8. The largest absolute Gasteiger partial charge is 0.433 e. The molecule has 0 aromatic carbocycles. The van der Waals surface area contributed by atoms with Gasteiger partial charge in [0, 0.05) is 12.6 Å². The van der Waals surface area contributed by atoms with Gasteiger partial charge >= 0.3 is 12.4 Å². The molecule has 0 amide bonds. The van der Waals surface area contributed by atoms with Gasteiger partial charge in [-0.15, -0.1) is 0 Å². The highest BCUT2D eigenvalue weighted by Crippen LogP contribution is 2.31. The van der Waals surface area contributed by atoms with Gasteiger partial charge in [0.25, 0.3) is 0 Å². The van der Waals surface area contributed by atoms with Crippen molar-refractivity contribution in [1.82, 2.24) is 9.97 Å². The fourth-order valence-corrected chi connectivity index (χ4v) is 1.46. The number of anilines is 1. The molecule has 0 N–H and O–H groups in total. The Hall–Kier alpha value is -1.25. The number of rotatable bonds is 3. The van der Waals surface area contributed by atoms with Crippen LogP contribution in [0, 0.1) is 0 Å². The standard InChI is InChI=1S/C9H8ClF6N3/c1-2-19(4-8(11,12)13)6-3-5(9(14,15)16)17-7(10)18-6/h3H,2,4H2,1H3. The van der Waals surface area contributed by atoms with Crippen LogP contribution in [0.25, 0.3) is 0 Å². The average Bonchev–Trinajstić information content (AvgIpc) is 2.22. The summed E-state index contributed by atoms with van der Waals surface area (Å²) in [4.78, 5) is 6.95. The first-order chi connectivity index (χ1) is 8.53. The van der Waals surface area contributed by atoms with Gasteiger partial charge in [0.15, 0.2) is 5.69 Å². The average molecular weight is 308 g/mol. The van der Waals surface area contributed by atoms with Gasteiger partial charge in [-0.3, -0.25) is 0 Å². The number of alkyl halides is 6. The molecule has 0 aliphatic rings. The molecular formula is C9H8ClF6N3. The zero-order valence-electron chi connectivity index (χ0n) is 9.48. The molecule has 1 rings (SSSR count). The fraction of sp³-hybridized carbons (Fsp3) is 0.556. The van der Waals surface area contributed by atoms with Crippen molar-refractivity contribution in [3.63, 3.8) is 0 Å². The zero-order chi connectivity index (χ0) is 14.8. The van der Waals surface area contributed by atoms with Crippen LogP contribution in [0.5, 0.6) is 0 Å². The summed E-state index contributed by atoms with van der Waals surface area (Å²) in [7, 11) is 0. The van der Waals surface area contributed by atoms with E-state index in [1.165, 1.54) is 6.92 Å². The SMILES string of the molecule is CCN(CC(F)(F)F)c1cc(C(F)(F)F)nc(Cl)n1. The molecule has 19 heavy (non-hydrogen) atoms. The van der Waals surface area contributed by atoms with Gasteiger partial charge in [-0.2, -0.15) is 26.3 Å². The van der Waals surface area contributed by atoms with E-state index in [4.69, 9.17) is 11.6 Å². The molecule has 108 valence electrons.